The van der Waals surface area contributed by atoms with Gasteiger partial charge in [0.25, 0.3) is 0 Å². The fourth-order valence-corrected chi connectivity index (χ4v) is 2.64. The number of nitrogens with zero attached hydrogens (tertiary/aromatic N) is 3. The van der Waals surface area contributed by atoms with E-state index >= 15 is 0 Å². The van der Waals surface area contributed by atoms with Gasteiger partial charge in [0, 0.05) is 18.3 Å². The van der Waals surface area contributed by atoms with Crippen molar-refractivity contribution >= 4 is 22.5 Å². The first-order chi connectivity index (χ1) is 11.5. The normalized spacial score (nSPS) is 15.0. The number of imidazole rings is 1. The summed E-state index contributed by atoms with van der Waals surface area (Å²) < 4.78 is 39.9. The Morgan fingerprint density at radius 3 is 2.54 bits per heavy atom. The SMILES string of the molecule is FC(F)(F)c1ccc(Nc2cc3c(cn2)ncn3CC2CC2)cc1. The van der Waals surface area contributed by atoms with Crippen molar-refractivity contribution in [2.24, 2.45) is 5.92 Å². The van der Waals surface area contributed by atoms with Crippen molar-refractivity contribution in [3.05, 3.63) is 48.4 Å². The highest BCUT2D eigenvalue weighted by Crippen LogP contribution is 2.32. The van der Waals surface area contributed by atoms with Crippen LogP contribution in [0.4, 0.5) is 24.7 Å². The zero-order chi connectivity index (χ0) is 16.7. The van der Waals surface area contributed by atoms with Crippen molar-refractivity contribution in [1.82, 2.24) is 14.5 Å². The van der Waals surface area contributed by atoms with Gasteiger partial charge >= 0.3 is 6.18 Å². The molecule has 2 aromatic heterocycles. The number of hydrogen-bond donors (Lipinski definition) is 1. The molecular weight excluding hydrogens is 317 g/mol. The third-order valence-electron chi connectivity index (χ3n) is 4.14. The molecule has 2 heterocycles. The Labute approximate surface area is 136 Å². The fraction of sp³-hybridized carbons (Fsp3) is 0.294. The van der Waals surface area contributed by atoms with E-state index in [1.54, 1.807) is 6.20 Å². The summed E-state index contributed by atoms with van der Waals surface area (Å²) in [6, 6.07) is 6.78. The minimum atomic E-state index is -4.33. The van der Waals surface area contributed by atoms with Crippen molar-refractivity contribution in [2.45, 2.75) is 25.6 Å². The van der Waals surface area contributed by atoms with E-state index in [0.29, 0.717) is 11.5 Å². The molecule has 124 valence electrons. The maximum atomic E-state index is 12.6. The van der Waals surface area contributed by atoms with Gasteiger partial charge in [0.1, 0.15) is 11.3 Å². The fourth-order valence-electron chi connectivity index (χ4n) is 2.64. The van der Waals surface area contributed by atoms with Gasteiger partial charge in [-0.15, -0.1) is 0 Å². The van der Waals surface area contributed by atoms with E-state index in [-0.39, 0.29) is 0 Å². The van der Waals surface area contributed by atoms with Crippen LogP contribution < -0.4 is 5.32 Å². The standard InChI is InChI=1S/C17H15F3N4/c18-17(19,20)12-3-5-13(6-4-12)23-16-7-15-14(8-21-16)22-10-24(15)9-11-1-2-11/h3-8,10-11H,1-2,9H2,(H,21,23). The molecule has 0 spiro atoms. The Kier molecular flexibility index (Phi) is 3.44. The average molecular weight is 332 g/mol. The zero-order valence-corrected chi connectivity index (χ0v) is 12.7. The van der Waals surface area contributed by atoms with E-state index in [4.69, 9.17) is 0 Å². The number of rotatable bonds is 4. The maximum absolute atomic E-state index is 12.6. The molecule has 1 aliphatic carbocycles. The molecule has 4 rings (SSSR count). The van der Waals surface area contributed by atoms with E-state index in [1.165, 1.54) is 25.0 Å². The van der Waals surface area contributed by atoms with Crippen molar-refractivity contribution in [3.63, 3.8) is 0 Å². The monoisotopic (exact) mass is 332 g/mol. The van der Waals surface area contributed by atoms with E-state index < -0.39 is 11.7 Å². The lowest BCUT2D eigenvalue weighted by atomic mass is 10.2. The smallest absolute Gasteiger partial charge is 0.340 e. The molecule has 0 atom stereocenters. The second kappa shape index (κ2) is 5.51. The predicted molar refractivity (Wildman–Crippen MR) is 85.0 cm³/mol. The van der Waals surface area contributed by atoms with Crippen LogP contribution in [0.25, 0.3) is 11.0 Å². The van der Waals surface area contributed by atoms with Gasteiger partial charge in [0.05, 0.1) is 23.6 Å². The van der Waals surface area contributed by atoms with Crippen LogP contribution in [0.15, 0.2) is 42.9 Å². The first-order valence-electron chi connectivity index (χ1n) is 7.74. The van der Waals surface area contributed by atoms with Crippen molar-refractivity contribution in [3.8, 4) is 0 Å². The highest BCUT2D eigenvalue weighted by atomic mass is 19.4. The molecule has 0 saturated heterocycles. The number of fused-ring (bicyclic) bond motifs is 1. The van der Waals surface area contributed by atoms with Crippen LogP contribution in [0.5, 0.6) is 0 Å². The summed E-state index contributed by atoms with van der Waals surface area (Å²) in [5.41, 5.74) is 1.68. The van der Waals surface area contributed by atoms with Gasteiger partial charge in [-0.05, 0) is 43.0 Å². The van der Waals surface area contributed by atoms with Crippen LogP contribution in [0.1, 0.15) is 18.4 Å². The van der Waals surface area contributed by atoms with Crippen LogP contribution in [0, 0.1) is 5.92 Å². The minimum Gasteiger partial charge on any atom is -0.340 e. The number of hydrogen-bond acceptors (Lipinski definition) is 3. The van der Waals surface area contributed by atoms with Crippen LogP contribution in [0.3, 0.4) is 0 Å². The maximum Gasteiger partial charge on any atom is 0.416 e. The Hall–Kier alpha value is -2.57. The molecule has 1 N–H and O–H groups in total. The second-order valence-corrected chi connectivity index (χ2v) is 6.10. The number of halogens is 3. The lowest BCUT2D eigenvalue weighted by Crippen LogP contribution is -2.04. The Morgan fingerprint density at radius 1 is 1.12 bits per heavy atom. The Balaban J connectivity index is 1.57. The summed E-state index contributed by atoms with van der Waals surface area (Å²) in [4.78, 5) is 8.61. The Morgan fingerprint density at radius 2 is 1.88 bits per heavy atom. The number of nitrogens with one attached hydrogen (secondary N) is 1. The van der Waals surface area contributed by atoms with Gasteiger partial charge in [-0.2, -0.15) is 13.2 Å². The number of alkyl halides is 3. The van der Waals surface area contributed by atoms with Gasteiger partial charge < -0.3 is 9.88 Å². The molecule has 24 heavy (non-hydrogen) atoms. The molecule has 0 aliphatic heterocycles. The summed E-state index contributed by atoms with van der Waals surface area (Å²) in [6.45, 7) is 0.945. The molecule has 1 aliphatic rings. The summed E-state index contributed by atoms with van der Waals surface area (Å²) in [5, 5.41) is 3.04. The Bertz CT molecular complexity index is 864. The number of anilines is 2. The van der Waals surface area contributed by atoms with Crippen molar-refractivity contribution in [2.75, 3.05) is 5.32 Å². The van der Waals surface area contributed by atoms with Crippen LogP contribution >= 0.6 is 0 Å². The molecule has 1 saturated carbocycles. The predicted octanol–water partition coefficient (Wildman–Crippen LogP) is 4.60. The van der Waals surface area contributed by atoms with E-state index in [9.17, 15) is 13.2 Å². The summed E-state index contributed by atoms with van der Waals surface area (Å²) in [7, 11) is 0. The molecule has 1 aromatic carbocycles. The average Bonchev–Trinajstić information content (AvgIpc) is 3.27. The molecule has 1 fully saturated rings. The van der Waals surface area contributed by atoms with Gasteiger partial charge in [0.15, 0.2) is 0 Å². The molecule has 0 amide bonds. The highest BCUT2D eigenvalue weighted by Gasteiger charge is 2.30. The number of benzene rings is 1. The number of aromatic nitrogens is 3. The molecular formula is C17H15F3N4. The molecule has 0 unspecified atom stereocenters. The van der Waals surface area contributed by atoms with E-state index in [0.717, 1.165) is 35.6 Å². The summed E-state index contributed by atoms with van der Waals surface area (Å²) >= 11 is 0. The second-order valence-electron chi connectivity index (χ2n) is 6.10. The first-order valence-corrected chi connectivity index (χ1v) is 7.74. The van der Waals surface area contributed by atoms with E-state index in [2.05, 4.69) is 19.9 Å². The van der Waals surface area contributed by atoms with Gasteiger partial charge in [-0.25, -0.2) is 9.97 Å². The summed E-state index contributed by atoms with van der Waals surface area (Å²) in [6.07, 6.45) is 1.66. The number of pyridine rings is 1. The molecule has 0 radical (unpaired) electrons. The highest BCUT2D eigenvalue weighted by molar-refractivity contribution is 5.78. The van der Waals surface area contributed by atoms with Crippen LogP contribution in [-0.4, -0.2) is 14.5 Å². The van der Waals surface area contributed by atoms with Gasteiger partial charge in [0.2, 0.25) is 0 Å². The van der Waals surface area contributed by atoms with Crippen LogP contribution in [-0.2, 0) is 12.7 Å². The third kappa shape index (κ3) is 3.06. The minimum absolute atomic E-state index is 0.558. The van der Waals surface area contributed by atoms with Crippen molar-refractivity contribution < 1.29 is 13.2 Å². The van der Waals surface area contributed by atoms with E-state index in [1.807, 2.05) is 12.4 Å². The van der Waals surface area contributed by atoms with Gasteiger partial charge in [-0.1, -0.05) is 0 Å². The lowest BCUT2D eigenvalue weighted by Gasteiger charge is -2.09. The summed E-state index contributed by atoms with van der Waals surface area (Å²) in [5.74, 6) is 1.31. The first kappa shape index (κ1) is 15.0. The molecule has 0 bridgehead atoms. The van der Waals surface area contributed by atoms with Gasteiger partial charge in [-0.3, -0.25) is 0 Å². The molecule has 3 aromatic rings. The third-order valence-corrected chi connectivity index (χ3v) is 4.14. The largest absolute Gasteiger partial charge is 0.416 e. The van der Waals surface area contributed by atoms with Crippen LogP contribution in [0.2, 0.25) is 0 Å². The molecule has 4 nitrogen and oxygen atoms in total. The van der Waals surface area contributed by atoms with Crippen molar-refractivity contribution in [1.29, 1.82) is 0 Å². The molecule has 7 heteroatoms. The quantitative estimate of drug-likeness (QED) is 0.759. The lowest BCUT2D eigenvalue weighted by molar-refractivity contribution is -0.137. The topological polar surface area (TPSA) is 42.7 Å². The zero-order valence-electron chi connectivity index (χ0n) is 12.7.